The van der Waals surface area contributed by atoms with Crippen molar-refractivity contribution in [3.63, 3.8) is 0 Å². The van der Waals surface area contributed by atoms with Crippen molar-refractivity contribution in [2.45, 2.75) is 38.5 Å². The SMILES string of the molecule is O=C(CCC1CCCC1)c1coc2ccccc12. The molecule has 0 atom stereocenters. The molecule has 0 unspecified atom stereocenters. The van der Waals surface area contributed by atoms with Crippen molar-refractivity contribution in [2.24, 2.45) is 5.92 Å². The van der Waals surface area contributed by atoms with E-state index in [1.165, 1.54) is 25.7 Å². The van der Waals surface area contributed by atoms with E-state index in [1.807, 2.05) is 24.3 Å². The summed E-state index contributed by atoms with van der Waals surface area (Å²) in [7, 11) is 0. The van der Waals surface area contributed by atoms with E-state index in [1.54, 1.807) is 6.26 Å². The standard InChI is InChI=1S/C16H18O2/c17-15(10-9-12-5-1-2-6-12)14-11-18-16-8-4-3-7-13(14)16/h3-4,7-8,11-12H,1-2,5-6,9-10H2. The van der Waals surface area contributed by atoms with Gasteiger partial charge in [0.05, 0.1) is 5.56 Å². The number of benzene rings is 1. The Kier molecular flexibility index (Phi) is 3.18. The number of para-hydroxylation sites is 1. The average Bonchev–Trinajstić information content (AvgIpc) is 3.05. The summed E-state index contributed by atoms with van der Waals surface area (Å²) in [6.45, 7) is 0. The zero-order valence-electron chi connectivity index (χ0n) is 10.5. The van der Waals surface area contributed by atoms with Gasteiger partial charge in [-0.3, -0.25) is 4.79 Å². The minimum Gasteiger partial charge on any atom is -0.464 e. The lowest BCUT2D eigenvalue weighted by Crippen LogP contribution is -2.02. The van der Waals surface area contributed by atoms with E-state index >= 15 is 0 Å². The molecule has 0 bridgehead atoms. The van der Waals surface area contributed by atoms with Gasteiger partial charge < -0.3 is 4.42 Å². The molecule has 0 saturated heterocycles. The molecule has 0 N–H and O–H groups in total. The molecule has 0 radical (unpaired) electrons. The Hall–Kier alpha value is -1.57. The van der Waals surface area contributed by atoms with E-state index in [2.05, 4.69) is 0 Å². The summed E-state index contributed by atoms with van der Waals surface area (Å²) in [5.74, 6) is 0.999. The van der Waals surface area contributed by atoms with Crippen molar-refractivity contribution in [1.29, 1.82) is 0 Å². The van der Waals surface area contributed by atoms with Crippen LogP contribution in [0.15, 0.2) is 34.9 Å². The molecule has 1 heterocycles. The molecule has 1 aliphatic rings. The van der Waals surface area contributed by atoms with E-state index in [9.17, 15) is 4.79 Å². The van der Waals surface area contributed by atoms with Crippen molar-refractivity contribution < 1.29 is 9.21 Å². The molecule has 1 aromatic carbocycles. The van der Waals surface area contributed by atoms with Gasteiger partial charge in [0.25, 0.3) is 0 Å². The summed E-state index contributed by atoms with van der Waals surface area (Å²) in [5.41, 5.74) is 1.56. The fourth-order valence-corrected chi connectivity index (χ4v) is 2.96. The smallest absolute Gasteiger partial charge is 0.166 e. The maximum Gasteiger partial charge on any atom is 0.166 e. The molecule has 1 aromatic heterocycles. The largest absolute Gasteiger partial charge is 0.464 e. The Morgan fingerprint density at radius 2 is 2.00 bits per heavy atom. The van der Waals surface area contributed by atoms with Crippen LogP contribution >= 0.6 is 0 Å². The third-order valence-electron chi connectivity index (χ3n) is 4.04. The van der Waals surface area contributed by atoms with Crippen LogP contribution in [0.2, 0.25) is 0 Å². The van der Waals surface area contributed by atoms with Crippen LogP contribution in [0.3, 0.4) is 0 Å². The van der Waals surface area contributed by atoms with Crippen LogP contribution in [-0.2, 0) is 0 Å². The van der Waals surface area contributed by atoms with E-state index in [0.717, 1.165) is 28.9 Å². The lowest BCUT2D eigenvalue weighted by molar-refractivity contribution is 0.0974. The monoisotopic (exact) mass is 242 g/mol. The van der Waals surface area contributed by atoms with Crippen LogP contribution in [0.25, 0.3) is 11.0 Å². The van der Waals surface area contributed by atoms with Gasteiger partial charge in [0, 0.05) is 11.8 Å². The molecule has 2 heteroatoms. The van der Waals surface area contributed by atoms with E-state index in [-0.39, 0.29) is 5.78 Å². The molecule has 1 saturated carbocycles. The van der Waals surface area contributed by atoms with Crippen LogP contribution in [0.4, 0.5) is 0 Å². The summed E-state index contributed by atoms with van der Waals surface area (Å²) in [6.07, 6.45) is 8.61. The summed E-state index contributed by atoms with van der Waals surface area (Å²) >= 11 is 0. The lowest BCUT2D eigenvalue weighted by atomic mass is 9.97. The fraction of sp³-hybridized carbons (Fsp3) is 0.438. The summed E-state index contributed by atoms with van der Waals surface area (Å²) in [5, 5.41) is 0.953. The maximum atomic E-state index is 12.2. The van der Waals surface area contributed by atoms with Crippen LogP contribution in [0.5, 0.6) is 0 Å². The Balaban J connectivity index is 1.71. The molecule has 2 aromatic rings. The van der Waals surface area contributed by atoms with E-state index in [0.29, 0.717) is 6.42 Å². The Bertz CT molecular complexity index is 547. The summed E-state index contributed by atoms with van der Waals surface area (Å²) < 4.78 is 5.42. The number of furan rings is 1. The number of Topliss-reactive ketones (excluding diaryl/α,β-unsaturated/α-hetero) is 1. The number of fused-ring (bicyclic) bond motifs is 1. The number of hydrogen-bond acceptors (Lipinski definition) is 2. The van der Waals surface area contributed by atoms with Crippen molar-refractivity contribution >= 4 is 16.8 Å². The van der Waals surface area contributed by atoms with Gasteiger partial charge in [-0.2, -0.15) is 0 Å². The first-order valence-corrected chi connectivity index (χ1v) is 6.84. The molecule has 94 valence electrons. The van der Waals surface area contributed by atoms with Gasteiger partial charge >= 0.3 is 0 Å². The molecule has 0 amide bonds. The highest BCUT2D eigenvalue weighted by atomic mass is 16.3. The Morgan fingerprint density at radius 3 is 2.83 bits per heavy atom. The quantitative estimate of drug-likeness (QED) is 0.734. The Labute approximate surface area is 107 Å². The van der Waals surface area contributed by atoms with Crippen LogP contribution in [-0.4, -0.2) is 5.78 Å². The van der Waals surface area contributed by atoms with E-state index in [4.69, 9.17) is 4.42 Å². The number of hydrogen-bond donors (Lipinski definition) is 0. The topological polar surface area (TPSA) is 30.2 Å². The first-order valence-electron chi connectivity index (χ1n) is 6.84. The molecule has 2 nitrogen and oxygen atoms in total. The van der Waals surface area contributed by atoms with Gasteiger partial charge in [-0.15, -0.1) is 0 Å². The highest BCUT2D eigenvalue weighted by Crippen LogP contribution is 2.30. The molecule has 1 fully saturated rings. The van der Waals surface area contributed by atoms with Crippen molar-refractivity contribution in [3.8, 4) is 0 Å². The highest BCUT2D eigenvalue weighted by molar-refractivity contribution is 6.07. The molecule has 0 spiro atoms. The average molecular weight is 242 g/mol. The predicted octanol–water partition coefficient (Wildman–Crippen LogP) is 4.59. The fourth-order valence-electron chi connectivity index (χ4n) is 2.96. The van der Waals surface area contributed by atoms with Gasteiger partial charge in [0.1, 0.15) is 11.8 Å². The van der Waals surface area contributed by atoms with Crippen LogP contribution in [0, 0.1) is 5.92 Å². The number of rotatable bonds is 4. The zero-order valence-corrected chi connectivity index (χ0v) is 10.5. The second-order valence-electron chi connectivity index (χ2n) is 5.26. The van der Waals surface area contributed by atoms with Gasteiger partial charge in [-0.25, -0.2) is 0 Å². The number of carbonyl (C=O) groups is 1. The maximum absolute atomic E-state index is 12.2. The molecular formula is C16H18O2. The highest BCUT2D eigenvalue weighted by Gasteiger charge is 2.18. The minimum absolute atomic E-state index is 0.229. The second-order valence-corrected chi connectivity index (χ2v) is 5.26. The van der Waals surface area contributed by atoms with Crippen LogP contribution < -0.4 is 0 Å². The predicted molar refractivity (Wildman–Crippen MR) is 71.7 cm³/mol. The minimum atomic E-state index is 0.229. The molecule has 18 heavy (non-hydrogen) atoms. The molecule has 3 rings (SSSR count). The normalized spacial score (nSPS) is 16.4. The third-order valence-corrected chi connectivity index (χ3v) is 4.04. The number of carbonyl (C=O) groups excluding carboxylic acids is 1. The molecule has 0 aliphatic heterocycles. The van der Waals surface area contributed by atoms with Crippen LogP contribution in [0.1, 0.15) is 48.9 Å². The van der Waals surface area contributed by atoms with Gasteiger partial charge in [-0.05, 0) is 18.4 Å². The Morgan fingerprint density at radius 1 is 1.22 bits per heavy atom. The van der Waals surface area contributed by atoms with Crippen molar-refractivity contribution in [3.05, 3.63) is 36.1 Å². The van der Waals surface area contributed by atoms with E-state index < -0.39 is 0 Å². The lowest BCUT2D eigenvalue weighted by Gasteiger charge is -2.06. The summed E-state index contributed by atoms with van der Waals surface area (Å²) in [4.78, 5) is 12.2. The van der Waals surface area contributed by atoms with Gasteiger partial charge in [-0.1, -0.05) is 43.9 Å². The first-order chi connectivity index (χ1) is 8.84. The zero-order chi connectivity index (χ0) is 12.4. The molecule has 1 aliphatic carbocycles. The van der Waals surface area contributed by atoms with Crippen molar-refractivity contribution in [1.82, 2.24) is 0 Å². The number of ketones is 1. The molecular weight excluding hydrogens is 224 g/mol. The second kappa shape index (κ2) is 4.97. The van der Waals surface area contributed by atoms with Crippen molar-refractivity contribution in [2.75, 3.05) is 0 Å². The van der Waals surface area contributed by atoms with Gasteiger partial charge in [0.15, 0.2) is 5.78 Å². The third kappa shape index (κ3) is 2.20. The summed E-state index contributed by atoms with van der Waals surface area (Å²) in [6, 6.07) is 7.74. The van der Waals surface area contributed by atoms with Gasteiger partial charge in [0.2, 0.25) is 0 Å². The first kappa shape index (κ1) is 11.5.